The topological polar surface area (TPSA) is 40.2 Å². The average molecular weight is 452 g/mol. The Hall–Kier alpha value is -2.80. The summed E-state index contributed by atoms with van der Waals surface area (Å²) in [5.74, 6) is 1.54. The minimum atomic E-state index is -2.29. The van der Waals surface area contributed by atoms with E-state index in [0.717, 1.165) is 34.0 Å². The van der Waals surface area contributed by atoms with Crippen molar-refractivity contribution in [2.24, 2.45) is 0 Å². The van der Waals surface area contributed by atoms with Crippen molar-refractivity contribution in [1.29, 1.82) is 0 Å². The third-order valence-corrected chi connectivity index (χ3v) is 8.76. The van der Waals surface area contributed by atoms with Crippen LogP contribution >= 0.6 is 0 Å². The molecule has 3 aromatic carbocycles. The summed E-state index contributed by atoms with van der Waals surface area (Å²) >= 11 is 0. The fourth-order valence-electron chi connectivity index (χ4n) is 3.80. The first-order chi connectivity index (χ1) is 15.4. The van der Waals surface area contributed by atoms with Crippen LogP contribution in [-0.4, -0.2) is 36.0 Å². The molecule has 6 heteroatoms. The molecule has 3 aromatic rings. The van der Waals surface area contributed by atoms with Gasteiger partial charge in [-0.3, -0.25) is 0 Å². The lowest BCUT2D eigenvalue weighted by Gasteiger charge is -2.41. The van der Waals surface area contributed by atoms with Crippen molar-refractivity contribution in [3.63, 3.8) is 0 Å². The van der Waals surface area contributed by atoms with Gasteiger partial charge in [-0.2, -0.15) is 0 Å². The molecule has 170 valence electrons. The Labute approximate surface area is 192 Å². The lowest BCUT2D eigenvalue weighted by Crippen LogP contribution is -2.56. The van der Waals surface area contributed by atoms with Gasteiger partial charge in [-0.1, -0.05) is 42.5 Å². The molecule has 0 spiro atoms. The normalized spacial score (nSPS) is 11.3. The first kappa shape index (κ1) is 23.9. The van der Waals surface area contributed by atoms with Gasteiger partial charge in [-0.15, -0.1) is 0 Å². The fourth-order valence-corrected chi connectivity index (χ4v) is 6.62. The number of ether oxygens (including phenoxy) is 4. The van der Waals surface area contributed by atoms with Gasteiger partial charge in [0.15, 0.2) is 21.8 Å². The van der Waals surface area contributed by atoms with Crippen LogP contribution in [0, 0.1) is 13.8 Å². The summed E-state index contributed by atoms with van der Waals surface area (Å²) in [4.78, 5) is 0. The first-order valence-corrected chi connectivity index (χ1v) is 13.6. The van der Waals surface area contributed by atoms with Gasteiger partial charge in [0.05, 0.1) is 11.4 Å². The highest BCUT2D eigenvalue weighted by Gasteiger charge is 2.36. The standard InChI is InChI=1S/C26H33NO4Si/c1-20-12-14-25(30-18-28-3)23(16-20)27(32(5,6)22-10-8-7-9-11-22)24-17-21(2)13-15-26(24)31-19-29-4/h7-17H,18-19H2,1-6H3. The summed E-state index contributed by atoms with van der Waals surface area (Å²) in [6.45, 7) is 9.23. The van der Waals surface area contributed by atoms with Crippen molar-refractivity contribution < 1.29 is 18.9 Å². The van der Waals surface area contributed by atoms with E-state index in [2.05, 4.69) is 86.1 Å². The van der Waals surface area contributed by atoms with Gasteiger partial charge in [-0.05, 0) is 67.5 Å². The van der Waals surface area contributed by atoms with Gasteiger partial charge in [0.1, 0.15) is 11.5 Å². The summed E-state index contributed by atoms with van der Waals surface area (Å²) in [7, 11) is 0.975. The summed E-state index contributed by atoms with van der Waals surface area (Å²) in [6, 6.07) is 23.1. The SMILES string of the molecule is COCOc1ccc(C)cc1N(c1cc(C)ccc1OCOC)[Si](C)(C)c1ccccc1. The van der Waals surface area contributed by atoms with Crippen LogP contribution in [0.3, 0.4) is 0 Å². The van der Waals surface area contributed by atoms with Gasteiger partial charge in [0, 0.05) is 14.2 Å². The van der Waals surface area contributed by atoms with Crippen molar-refractivity contribution in [2.75, 3.05) is 32.4 Å². The monoisotopic (exact) mass is 451 g/mol. The summed E-state index contributed by atoms with van der Waals surface area (Å²) < 4.78 is 24.9. The minimum absolute atomic E-state index is 0.179. The van der Waals surface area contributed by atoms with E-state index < -0.39 is 8.24 Å². The molecule has 0 fully saturated rings. The zero-order chi connectivity index (χ0) is 23.1. The number of hydrogen-bond acceptors (Lipinski definition) is 5. The molecule has 0 amide bonds. The molecule has 0 aliphatic carbocycles. The maximum Gasteiger partial charge on any atom is 0.188 e. The second-order valence-corrected chi connectivity index (χ2v) is 12.4. The molecule has 0 aliphatic heterocycles. The lowest BCUT2D eigenvalue weighted by atomic mass is 10.1. The Morgan fingerprint density at radius 2 is 1.16 bits per heavy atom. The van der Waals surface area contributed by atoms with Crippen LogP contribution in [0.5, 0.6) is 11.5 Å². The van der Waals surface area contributed by atoms with Crippen molar-refractivity contribution in [2.45, 2.75) is 26.9 Å². The molecule has 32 heavy (non-hydrogen) atoms. The predicted octanol–water partition coefficient (Wildman–Crippen LogP) is 5.52. The number of methoxy groups -OCH3 is 2. The average Bonchev–Trinajstić information content (AvgIpc) is 2.78. The van der Waals surface area contributed by atoms with Crippen LogP contribution in [0.2, 0.25) is 13.1 Å². The molecule has 0 aromatic heterocycles. The number of rotatable bonds is 10. The van der Waals surface area contributed by atoms with Gasteiger partial charge >= 0.3 is 0 Å². The van der Waals surface area contributed by atoms with Crippen LogP contribution in [0.4, 0.5) is 11.4 Å². The van der Waals surface area contributed by atoms with E-state index in [9.17, 15) is 0 Å². The highest BCUT2D eigenvalue weighted by Crippen LogP contribution is 2.43. The summed E-state index contributed by atoms with van der Waals surface area (Å²) in [5.41, 5.74) is 4.30. The Morgan fingerprint density at radius 1 is 0.688 bits per heavy atom. The molecule has 0 heterocycles. The van der Waals surface area contributed by atoms with Crippen molar-refractivity contribution in [3.05, 3.63) is 77.9 Å². The molecule has 0 radical (unpaired) electrons. The lowest BCUT2D eigenvalue weighted by molar-refractivity contribution is 0.0511. The molecule has 5 nitrogen and oxygen atoms in total. The molecule has 0 aliphatic rings. The number of nitrogens with zero attached hydrogens (tertiary/aromatic N) is 1. The van der Waals surface area contributed by atoms with Gasteiger partial charge in [0.2, 0.25) is 0 Å². The van der Waals surface area contributed by atoms with Crippen LogP contribution < -0.4 is 19.2 Å². The van der Waals surface area contributed by atoms with E-state index in [4.69, 9.17) is 18.9 Å². The van der Waals surface area contributed by atoms with Gasteiger partial charge < -0.3 is 23.5 Å². The predicted molar refractivity (Wildman–Crippen MR) is 133 cm³/mol. The van der Waals surface area contributed by atoms with Crippen LogP contribution in [0.1, 0.15) is 11.1 Å². The Balaban J connectivity index is 2.28. The van der Waals surface area contributed by atoms with E-state index in [0.29, 0.717) is 0 Å². The van der Waals surface area contributed by atoms with Crippen molar-refractivity contribution in [1.82, 2.24) is 0 Å². The zero-order valence-electron chi connectivity index (χ0n) is 19.8. The van der Waals surface area contributed by atoms with Crippen LogP contribution in [-0.2, 0) is 9.47 Å². The number of anilines is 2. The molecular formula is C26H33NO4Si. The molecule has 3 rings (SSSR count). The number of benzene rings is 3. The third-order valence-electron chi connectivity index (χ3n) is 5.41. The molecular weight excluding hydrogens is 418 g/mol. The summed E-state index contributed by atoms with van der Waals surface area (Å²) in [5, 5.41) is 1.30. The van der Waals surface area contributed by atoms with Crippen LogP contribution in [0.25, 0.3) is 0 Å². The maximum atomic E-state index is 6.02. The van der Waals surface area contributed by atoms with E-state index >= 15 is 0 Å². The quantitative estimate of drug-likeness (QED) is 0.300. The van der Waals surface area contributed by atoms with Gasteiger partial charge in [-0.25, -0.2) is 0 Å². The van der Waals surface area contributed by atoms with Crippen molar-refractivity contribution >= 4 is 24.8 Å². The smallest absolute Gasteiger partial charge is 0.188 e. The molecule has 0 saturated heterocycles. The summed E-state index contributed by atoms with van der Waals surface area (Å²) in [6.07, 6.45) is 0. The Morgan fingerprint density at radius 3 is 1.59 bits per heavy atom. The van der Waals surface area contributed by atoms with E-state index in [1.54, 1.807) is 14.2 Å². The zero-order valence-corrected chi connectivity index (χ0v) is 20.8. The van der Waals surface area contributed by atoms with Crippen molar-refractivity contribution in [3.8, 4) is 11.5 Å². The molecule has 0 atom stereocenters. The minimum Gasteiger partial charge on any atom is -0.465 e. The highest BCUT2D eigenvalue weighted by atomic mass is 28.3. The van der Waals surface area contributed by atoms with E-state index in [1.165, 1.54) is 5.19 Å². The first-order valence-electron chi connectivity index (χ1n) is 10.7. The van der Waals surface area contributed by atoms with E-state index in [1.807, 2.05) is 12.1 Å². The largest absolute Gasteiger partial charge is 0.465 e. The van der Waals surface area contributed by atoms with Crippen LogP contribution in [0.15, 0.2) is 66.7 Å². The molecule has 0 saturated carbocycles. The molecule has 0 bridgehead atoms. The van der Waals surface area contributed by atoms with E-state index in [-0.39, 0.29) is 13.6 Å². The maximum absolute atomic E-state index is 6.02. The molecule has 0 unspecified atom stereocenters. The highest BCUT2D eigenvalue weighted by molar-refractivity contribution is 6.93. The second kappa shape index (κ2) is 10.7. The fraction of sp³-hybridized carbons (Fsp3) is 0.308. The Kier molecular flexibility index (Phi) is 7.96. The number of aryl methyl sites for hydroxylation is 2. The number of hydrogen-bond donors (Lipinski definition) is 0. The second-order valence-electron chi connectivity index (χ2n) is 8.30. The molecule has 0 N–H and O–H groups in total. The Bertz CT molecular complexity index is 966. The third kappa shape index (κ3) is 5.33. The van der Waals surface area contributed by atoms with Gasteiger partial charge in [0.25, 0.3) is 0 Å².